The molecule has 5 heterocycles. The smallest absolute Gasteiger partial charge is 0.399 e. The highest BCUT2D eigenvalue weighted by Gasteiger charge is 2.55. The second-order valence-corrected chi connectivity index (χ2v) is 23.7. The van der Waals surface area contributed by atoms with E-state index >= 15 is 0 Å². The zero-order chi connectivity index (χ0) is 40.8. The van der Waals surface area contributed by atoms with Gasteiger partial charge in [0.05, 0.1) is 41.7 Å². The number of nitrogens with zero attached hydrogens (tertiary/aromatic N) is 2. The van der Waals surface area contributed by atoms with E-state index in [0.717, 1.165) is 33.8 Å². The third-order valence-electron chi connectivity index (χ3n) is 13.5. The summed E-state index contributed by atoms with van der Waals surface area (Å²) in [5.41, 5.74) is 5.19. The van der Waals surface area contributed by atoms with Crippen LogP contribution in [0.3, 0.4) is 0 Å². The predicted octanol–water partition coefficient (Wildman–Crippen LogP) is 13.1. The Morgan fingerprint density at radius 2 is 0.964 bits per heavy atom. The van der Waals surface area contributed by atoms with Crippen molar-refractivity contribution in [3.8, 4) is 9.75 Å². The molecule has 13 heteroatoms. The van der Waals surface area contributed by atoms with Gasteiger partial charge < -0.3 is 18.6 Å². The highest BCUT2D eigenvalue weighted by molar-refractivity contribution is 9.11. The van der Waals surface area contributed by atoms with E-state index in [4.69, 9.17) is 18.6 Å². The largest absolute Gasteiger partial charge is 0.497 e. The van der Waals surface area contributed by atoms with Crippen LogP contribution in [0.5, 0.6) is 0 Å². The van der Waals surface area contributed by atoms with Crippen molar-refractivity contribution in [1.29, 1.82) is 0 Å². The van der Waals surface area contributed by atoms with Gasteiger partial charge in [0.25, 0.3) is 0 Å². The molecule has 6 nitrogen and oxygen atoms in total. The van der Waals surface area contributed by atoms with Crippen LogP contribution in [0.25, 0.3) is 20.8 Å². The van der Waals surface area contributed by atoms with Crippen LogP contribution in [0.1, 0.15) is 158 Å². The van der Waals surface area contributed by atoms with Crippen molar-refractivity contribution in [2.75, 3.05) is 0 Å². The molecule has 3 aliphatic rings. The van der Waals surface area contributed by atoms with Crippen molar-refractivity contribution in [2.45, 2.75) is 175 Å². The zero-order valence-electron chi connectivity index (χ0n) is 35.7. The Bertz CT molecular complexity index is 1810. The predicted molar refractivity (Wildman–Crippen MR) is 249 cm³/mol. The van der Waals surface area contributed by atoms with Crippen molar-refractivity contribution in [3.63, 3.8) is 0 Å². The second-order valence-electron chi connectivity index (χ2n) is 18.3. The molecule has 2 aliphatic heterocycles. The van der Waals surface area contributed by atoms with Gasteiger partial charge in [-0.25, -0.2) is 0 Å². The van der Waals surface area contributed by atoms with E-state index in [-0.39, 0.29) is 5.41 Å². The summed E-state index contributed by atoms with van der Waals surface area (Å²) in [7, 11) is -0.956. The summed E-state index contributed by atoms with van der Waals surface area (Å²) in [5, 5.41) is 0. The highest BCUT2D eigenvalue weighted by Crippen LogP contribution is 2.62. The fourth-order valence-electron chi connectivity index (χ4n) is 8.54. The molecule has 7 rings (SSSR count). The van der Waals surface area contributed by atoms with Crippen LogP contribution in [0, 0.1) is 11.8 Å². The highest BCUT2D eigenvalue weighted by atomic mass is 79.9. The van der Waals surface area contributed by atoms with E-state index in [0.29, 0.717) is 0 Å². The Morgan fingerprint density at radius 3 is 1.29 bits per heavy atom. The van der Waals surface area contributed by atoms with Crippen LogP contribution in [-0.4, -0.2) is 45.4 Å². The SMILES string of the molecule is CC1(C)OB(c2ccc(B3OC(C)(C)C(C)(C)O3)c3nsnc23)OC1(C)C.CCCCC(CC)CC1(CC(CC)CCCC)c2cc(Br)sc2-c2sc(Br)cc21. The Kier molecular flexibility index (Phi) is 13.9. The first kappa shape index (κ1) is 44.9. The molecule has 0 saturated carbocycles. The van der Waals surface area contributed by atoms with Gasteiger partial charge in [0.15, 0.2) is 0 Å². The Morgan fingerprint density at radius 1 is 0.607 bits per heavy atom. The third-order valence-corrected chi connectivity index (χ3v) is 17.5. The van der Waals surface area contributed by atoms with Gasteiger partial charge >= 0.3 is 14.2 Å². The van der Waals surface area contributed by atoms with Gasteiger partial charge in [0, 0.05) is 26.1 Å². The summed E-state index contributed by atoms with van der Waals surface area (Å²) in [6, 6.07) is 8.93. The Hall–Kier alpha value is -0.630. The van der Waals surface area contributed by atoms with Gasteiger partial charge in [-0.3, -0.25) is 0 Å². The molecule has 1 aliphatic carbocycles. The van der Waals surface area contributed by atoms with Gasteiger partial charge in [0.1, 0.15) is 11.0 Å². The Balaban J connectivity index is 0.000000190. The lowest BCUT2D eigenvalue weighted by molar-refractivity contribution is 0.00578. The monoisotopic (exact) mass is 946 g/mol. The van der Waals surface area contributed by atoms with Crippen molar-refractivity contribution < 1.29 is 18.6 Å². The van der Waals surface area contributed by atoms with Crippen LogP contribution in [0.4, 0.5) is 0 Å². The lowest BCUT2D eigenvalue weighted by Crippen LogP contribution is -2.41. The number of thiophene rings is 2. The van der Waals surface area contributed by atoms with E-state index < -0.39 is 36.6 Å². The second kappa shape index (κ2) is 17.4. The molecule has 56 heavy (non-hydrogen) atoms. The molecule has 2 unspecified atom stereocenters. The lowest BCUT2D eigenvalue weighted by Gasteiger charge is -2.37. The summed E-state index contributed by atoms with van der Waals surface area (Å²) in [4.78, 5) is 3.08. The first-order valence-corrected chi connectivity index (χ1v) is 24.8. The number of hydrogen-bond donors (Lipinski definition) is 0. The van der Waals surface area contributed by atoms with Gasteiger partial charge in [-0.15, -0.1) is 22.7 Å². The van der Waals surface area contributed by atoms with Gasteiger partial charge in [-0.1, -0.05) is 91.2 Å². The molecular formula is C43H62B2Br2N2O4S3. The van der Waals surface area contributed by atoms with Crippen LogP contribution in [0.15, 0.2) is 31.8 Å². The molecule has 3 aromatic heterocycles. The minimum Gasteiger partial charge on any atom is -0.399 e. The first-order valence-electron chi connectivity index (χ1n) is 20.9. The molecule has 2 atom stereocenters. The number of hydrogen-bond acceptors (Lipinski definition) is 9. The van der Waals surface area contributed by atoms with E-state index in [1.165, 1.54) is 83.5 Å². The van der Waals surface area contributed by atoms with Crippen LogP contribution in [0.2, 0.25) is 0 Å². The molecule has 306 valence electrons. The van der Waals surface area contributed by atoms with Gasteiger partial charge in [-0.05, 0) is 135 Å². The molecule has 2 fully saturated rings. The molecule has 0 bridgehead atoms. The fourth-order valence-corrected chi connectivity index (χ4v) is 12.7. The van der Waals surface area contributed by atoms with Crippen LogP contribution >= 0.6 is 66.3 Å². The zero-order valence-corrected chi connectivity index (χ0v) is 41.3. The molecule has 0 radical (unpaired) electrons. The Labute approximate surface area is 366 Å². The number of fused-ring (bicyclic) bond motifs is 4. The molecule has 0 N–H and O–H groups in total. The number of halogens is 2. The minimum absolute atomic E-state index is 0.207. The maximum absolute atomic E-state index is 6.21. The van der Waals surface area contributed by atoms with Gasteiger partial charge in [0.2, 0.25) is 0 Å². The lowest BCUT2D eigenvalue weighted by atomic mass is 9.66. The molecular weight excluding hydrogens is 886 g/mol. The number of aromatic nitrogens is 2. The standard InChI is InChI=1S/C25H36Br2S2.C18H26B2N2O4S/c1-5-9-11-17(7-3)15-25(16-18(8-4)12-10-6-2)19-13-21(26)28-23(19)24-20(25)14-22(27)29-24;1-15(2)16(3,4)24-19(23-15)11-9-10-12(14-13(11)21-27-22-14)20-25-17(5,6)18(7,8)26-20/h13-14,17-18H,5-12,15-16H2,1-4H3;9-10H,1-8H3. The maximum Gasteiger partial charge on any atom is 0.497 e. The molecule has 2 saturated heterocycles. The summed E-state index contributed by atoms with van der Waals surface area (Å²) < 4.78 is 36.5. The van der Waals surface area contributed by atoms with Crippen molar-refractivity contribution in [3.05, 3.63) is 43.0 Å². The average molecular weight is 949 g/mol. The average Bonchev–Trinajstić information content (AvgIpc) is 3.96. The van der Waals surface area contributed by atoms with Gasteiger partial charge in [-0.2, -0.15) is 8.75 Å². The summed E-state index contributed by atoms with van der Waals surface area (Å²) in [6.45, 7) is 25.8. The third kappa shape index (κ3) is 8.61. The normalized spacial score (nSPS) is 20.9. The quantitative estimate of drug-likeness (QED) is 0.117. The topological polar surface area (TPSA) is 62.7 Å². The molecule has 0 spiro atoms. The van der Waals surface area contributed by atoms with E-state index in [2.05, 4.69) is 80.4 Å². The molecule has 4 aromatic rings. The van der Waals surface area contributed by atoms with E-state index in [1.54, 1.807) is 20.9 Å². The fraction of sp³-hybridized carbons (Fsp3) is 0.674. The number of unbranched alkanes of at least 4 members (excludes halogenated alkanes) is 2. The number of benzene rings is 1. The minimum atomic E-state index is -0.478. The summed E-state index contributed by atoms with van der Waals surface area (Å²) in [6.07, 6.45) is 13.3. The number of rotatable bonds is 14. The molecule has 1 aromatic carbocycles. The maximum atomic E-state index is 6.21. The first-order chi connectivity index (χ1) is 26.3. The van der Waals surface area contributed by atoms with Crippen LogP contribution in [-0.2, 0) is 24.0 Å². The van der Waals surface area contributed by atoms with Crippen molar-refractivity contribution in [1.82, 2.24) is 8.75 Å². The summed E-state index contributed by atoms with van der Waals surface area (Å²) >= 11 is 12.7. The van der Waals surface area contributed by atoms with Crippen LogP contribution < -0.4 is 10.9 Å². The molecule has 0 amide bonds. The van der Waals surface area contributed by atoms with Crippen molar-refractivity contribution in [2.24, 2.45) is 11.8 Å². The van der Waals surface area contributed by atoms with E-state index in [1.807, 2.05) is 90.2 Å². The van der Waals surface area contributed by atoms with Crippen molar-refractivity contribution >= 4 is 102 Å². The summed E-state index contributed by atoms with van der Waals surface area (Å²) in [5.74, 6) is 1.63. The van der Waals surface area contributed by atoms with E-state index in [9.17, 15) is 0 Å².